The number of halogens is 2. The third-order valence-corrected chi connectivity index (χ3v) is 5.37. The zero-order chi connectivity index (χ0) is 24.2. The maximum absolute atomic E-state index is 13.1. The Balaban J connectivity index is 1.65. The monoisotopic (exact) mass is 496 g/mol. The molecule has 3 N–H and O–H groups in total. The smallest absolute Gasteiger partial charge is 0.328 e. The lowest BCUT2D eigenvalue weighted by molar-refractivity contribution is -0.133. The SMILES string of the molecule is COc1cccc2cc(C(=O)Nc3ccc(Cl)cc3)n(NC(=O)C(=O)Nc3ccc(Cl)cc3)c12. The molecule has 4 rings (SSSR count). The summed E-state index contributed by atoms with van der Waals surface area (Å²) in [4.78, 5) is 38.3. The average Bonchev–Trinajstić information content (AvgIpc) is 3.20. The van der Waals surface area contributed by atoms with Crippen LogP contribution >= 0.6 is 23.2 Å². The lowest BCUT2D eigenvalue weighted by Crippen LogP contribution is -2.36. The van der Waals surface area contributed by atoms with Crippen molar-refractivity contribution in [3.8, 4) is 5.75 Å². The van der Waals surface area contributed by atoms with E-state index in [9.17, 15) is 14.4 Å². The van der Waals surface area contributed by atoms with Gasteiger partial charge in [0.1, 0.15) is 17.0 Å². The van der Waals surface area contributed by atoms with Gasteiger partial charge in [0.15, 0.2) is 0 Å². The predicted octanol–water partition coefficient (Wildman–Crippen LogP) is 4.92. The topological polar surface area (TPSA) is 101 Å². The summed E-state index contributed by atoms with van der Waals surface area (Å²) in [7, 11) is 1.47. The number of aromatic nitrogens is 1. The molecule has 4 aromatic rings. The van der Waals surface area contributed by atoms with E-state index in [0.717, 1.165) is 0 Å². The van der Waals surface area contributed by atoms with Crippen LogP contribution in [0.15, 0.2) is 72.8 Å². The Hall–Kier alpha value is -4.01. The Bertz CT molecular complexity index is 1380. The van der Waals surface area contributed by atoms with Gasteiger partial charge in [0, 0.05) is 26.8 Å². The molecule has 0 saturated heterocycles. The molecule has 3 amide bonds. The number of nitrogens with one attached hydrogen (secondary N) is 3. The molecule has 3 aromatic carbocycles. The van der Waals surface area contributed by atoms with Crippen LogP contribution in [0.3, 0.4) is 0 Å². The van der Waals surface area contributed by atoms with Crippen LogP contribution in [0, 0.1) is 0 Å². The number of carbonyl (C=O) groups is 3. The fourth-order valence-electron chi connectivity index (χ4n) is 3.28. The molecule has 0 saturated carbocycles. The van der Waals surface area contributed by atoms with Gasteiger partial charge in [-0.25, -0.2) is 4.68 Å². The quantitative estimate of drug-likeness (QED) is 0.341. The third-order valence-electron chi connectivity index (χ3n) is 4.86. The van der Waals surface area contributed by atoms with E-state index in [1.54, 1.807) is 72.8 Å². The highest BCUT2D eigenvalue weighted by Crippen LogP contribution is 2.28. The summed E-state index contributed by atoms with van der Waals surface area (Å²) in [6.07, 6.45) is 0. The van der Waals surface area contributed by atoms with E-state index in [4.69, 9.17) is 27.9 Å². The summed E-state index contributed by atoms with van der Waals surface area (Å²) in [6.45, 7) is 0. The number of hydrogen-bond acceptors (Lipinski definition) is 4. The molecular weight excluding hydrogens is 479 g/mol. The number of anilines is 2. The Morgan fingerprint density at radius 1 is 0.794 bits per heavy atom. The van der Waals surface area contributed by atoms with Gasteiger partial charge in [-0.15, -0.1) is 0 Å². The standard InChI is InChI=1S/C24H18Cl2N4O4/c1-34-20-4-2-3-14-13-19(22(31)27-17-9-5-15(25)6-10-17)30(21(14)20)29-24(33)23(32)28-18-11-7-16(26)8-12-18/h2-13H,1H3,(H,27,31)(H,28,32)(H,29,33). The summed E-state index contributed by atoms with van der Waals surface area (Å²) in [5.74, 6) is -2.03. The second-order valence-electron chi connectivity index (χ2n) is 7.13. The van der Waals surface area contributed by atoms with Crippen molar-refractivity contribution in [3.05, 3.63) is 88.5 Å². The van der Waals surface area contributed by atoms with Crippen LogP contribution in [-0.2, 0) is 9.59 Å². The molecule has 0 unspecified atom stereocenters. The Kier molecular flexibility index (Phi) is 6.72. The van der Waals surface area contributed by atoms with Gasteiger partial charge in [-0.05, 0) is 60.7 Å². The largest absolute Gasteiger partial charge is 0.494 e. The molecule has 0 aliphatic carbocycles. The van der Waals surface area contributed by atoms with Gasteiger partial charge in [0.2, 0.25) is 0 Å². The van der Waals surface area contributed by atoms with Gasteiger partial charge in [0.25, 0.3) is 5.91 Å². The van der Waals surface area contributed by atoms with Crippen molar-refractivity contribution in [1.82, 2.24) is 4.68 Å². The van der Waals surface area contributed by atoms with Crippen molar-refractivity contribution in [2.24, 2.45) is 0 Å². The van der Waals surface area contributed by atoms with Gasteiger partial charge in [-0.3, -0.25) is 19.8 Å². The molecule has 0 atom stereocenters. The molecule has 0 radical (unpaired) electrons. The first-order chi connectivity index (χ1) is 16.4. The minimum absolute atomic E-state index is 0.0853. The van der Waals surface area contributed by atoms with E-state index in [2.05, 4.69) is 16.1 Å². The van der Waals surface area contributed by atoms with Crippen molar-refractivity contribution in [1.29, 1.82) is 0 Å². The summed E-state index contributed by atoms with van der Waals surface area (Å²) in [6, 6.07) is 19.6. The van der Waals surface area contributed by atoms with Crippen molar-refractivity contribution >= 4 is 63.2 Å². The minimum atomic E-state index is -0.987. The number of hydrogen-bond donors (Lipinski definition) is 3. The number of amides is 3. The Labute approximate surface area is 204 Å². The molecule has 0 bridgehead atoms. The molecular formula is C24H18Cl2N4O4. The van der Waals surface area contributed by atoms with Gasteiger partial charge in [0.05, 0.1) is 7.11 Å². The van der Waals surface area contributed by atoms with Crippen LogP contribution in [0.2, 0.25) is 10.0 Å². The third kappa shape index (κ3) is 4.98. The molecule has 10 heteroatoms. The molecule has 0 fully saturated rings. The van der Waals surface area contributed by atoms with Crippen LogP contribution in [0.5, 0.6) is 5.75 Å². The zero-order valence-corrected chi connectivity index (χ0v) is 19.3. The predicted molar refractivity (Wildman–Crippen MR) is 132 cm³/mol. The number of carbonyl (C=O) groups excluding carboxylic acids is 3. The van der Waals surface area contributed by atoms with Crippen LogP contribution in [0.25, 0.3) is 10.9 Å². The van der Waals surface area contributed by atoms with Crippen LogP contribution in [-0.4, -0.2) is 29.5 Å². The molecule has 8 nitrogen and oxygen atoms in total. The number of benzene rings is 3. The van der Waals surface area contributed by atoms with Crippen molar-refractivity contribution in [2.75, 3.05) is 23.2 Å². The molecule has 0 aliphatic rings. The highest BCUT2D eigenvalue weighted by atomic mass is 35.5. The van der Waals surface area contributed by atoms with E-state index in [0.29, 0.717) is 38.1 Å². The number of fused-ring (bicyclic) bond motifs is 1. The summed E-state index contributed by atoms with van der Waals surface area (Å²) in [5, 5.41) is 6.87. The van der Waals surface area contributed by atoms with E-state index >= 15 is 0 Å². The number of rotatable bonds is 5. The second-order valence-corrected chi connectivity index (χ2v) is 8.00. The average molecular weight is 497 g/mol. The minimum Gasteiger partial charge on any atom is -0.494 e. The van der Waals surface area contributed by atoms with Gasteiger partial charge < -0.3 is 15.4 Å². The van der Waals surface area contributed by atoms with Crippen LogP contribution < -0.4 is 20.8 Å². The molecule has 1 aromatic heterocycles. The van der Waals surface area contributed by atoms with E-state index in [1.807, 2.05) is 0 Å². The second kappa shape index (κ2) is 9.86. The van der Waals surface area contributed by atoms with E-state index in [1.165, 1.54) is 11.8 Å². The van der Waals surface area contributed by atoms with Crippen molar-refractivity contribution in [3.63, 3.8) is 0 Å². The maximum atomic E-state index is 13.1. The van der Waals surface area contributed by atoms with Crippen molar-refractivity contribution < 1.29 is 19.1 Å². The van der Waals surface area contributed by atoms with Crippen LogP contribution in [0.4, 0.5) is 11.4 Å². The molecule has 34 heavy (non-hydrogen) atoms. The first-order valence-electron chi connectivity index (χ1n) is 9.99. The fraction of sp³-hybridized carbons (Fsp3) is 0.0417. The number of nitrogens with zero attached hydrogens (tertiary/aromatic N) is 1. The molecule has 0 aliphatic heterocycles. The first-order valence-corrected chi connectivity index (χ1v) is 10.7. The van der Waals surface area contributed by atoms with E-state index in [-0.39, 0.29) is 5.69 Å². The van der Waals surface area contributed by atoms with E-state index < -0.39 is 17.7 Å². The highest BCUT2D eigenvalue weighted by molar-refractivity contribution is 6.42. The molecule has 0 spiro atoms. The lowest BCUT2D eigenvalue weighted by atomic mass is 10.2. The molecule has 1 heterocycles. The summed E-state index contributed by atoms with van der Waals surface area (Å²) >= 11 is 11.8. The maximum Gasteiger partial charge on any atom is 0.328 e. The number of ether oxygens (including phenoxy) is 1. The van der Waals surface area contributed by atoms with Crippen LogP contribution in [0.1, 0.15) is 10.5 Å². The van der Waals surface area contributed by atoms with Gasteiger partial charge in [-0.2, -0.15) is 0 Å². The number of methoxy groups -OCH3 is 1. The number of para-hydroxylation sites is 1. The summed E-state index contributed by atoms with van der Waals surface area (Å²) in [5.41, 5.74) is 3.89. The Morgan fingerprint density at radius 3 is 1.97 bits per heavy atom. The Morgan fingerprint density at radius 2 is 1.38 bits per heavy atom. The van der Waals surface area contributed by atoms with Gasteiger partial charge >= 0.3 is 11.8 Å². The summed E-state index contributed by atoms with van der Waals surface area (Å²) < 4.78 is 6.64. The lowest BCUT2D eigenvalue weighted by Gasteiger charge is -2.14. The normalized spacial score (nSPS) is 10.6. The zero-order valence-electron chi connectivity index (χ0n) is 17.8. The first kappa shape index (κ1) is 23.2. The van der Waals surface area contributed by atoms with Crippen molar-refractivity contribution in [2.45, 2.75) is 0 Å². The fourth-order valence-corrected chi connectivity index (χ4v) is 3.53. The molecule has 172 valence electrons. The highest BCUT2D eigenvalue weighted by Gasteiger charge is 2.23. The van der Waals surface area contributed by atoms with Gasteiger partial charge in [-0.1, -0.05) is 35.3 Å².